The predicted octanol–water partition coefficient (Wildman–Crippen LogP) is 3.76. The average Bonchev–Trinajstić information content (AvgIpc) is 2.25. The van der Waals surface area contributed by atoms with Crippen molar-refractivity contribution in [1.29, 1.82) is 0 Å². The first-order valence-electron chi connectivity index (χ1n) is 5.55. The van der Waals surface area contributed by atoms with Crippen LogP contribution < -0.4 is 5.73 Å². The van der Waals surface area contributed by atoms with Crippen molar-refractivity contribution in [3.63, 3.8) is 0 Å². The van der Waals surface area contributed by atoms with E-state index in [9.17, 15) is 4.39 Å². The summed E-state index contributed by atoms with van der Waals surface area (Å²) in [6.45, 7) is 6.80. The van der Waals surface area contributed by atoms with Crippen molar-refractivity contribution in [2.75, 3.05) is 6.54 Å². The second kappa shape index (κ2) is 6.77. The van der Waals surface area contributed by atoms with E-state index in [2.05, 4.69) is 32.9 Å². The van der Waals surface area contributed by atoms with Crippen LogP contribution in [0.15, 0.2) is 36.2 Å². The van der Waals surface area contributed by atoms with Gasteiger partial charge in [-0.3, -0.25) is 0 Å². The minimum atomic E-state index is 0. The Morgan fingerprint density at radius 3 is 2.12 bits per heavy atom. The van der Waals surface area contributed by atoms with Crippen LogP contribution in [-0.2, 0) is 11.8 Å². The fourth-order valence-electron chi connectivity index (χ4n) is 1.54. The zero-order valence-electron chi connectivity index (χ0n) is 10.7. The first kappa shape index (κ1) is 16.1. The minimum absolute atomic E-state index is 0. The Balaban J connectivity index is 0.00000256. The molecule has 0 saturated carbocycles. The molecule has 0 aromatic heterocycles. The van der Waals surface area contributed by atoms with Crippen LogP contribution in [0.5, 0.6) is 0 Å². The van der Waals surface area contributed by atoms with Crippen LogP contribution in [0.2, 0.25) is 0 Å². The van der Waals surface area contributed by atoms with Crippen molar-refractivity contribution in [1.82, 2.24) is 0 Å². The van der Waals surface area contributed by atoms with Gasteiger partial charge in [0.05, 0.1) is 6.33 Å². The van der Waals surface area contributed by atoms with Gasteiger partial charge < -0.3 is 5.73 Å². The maximum Gasteiger partial charge on any atom is 0.0875 e. The van der Waals surface area contributed by atoms with Crippen molar-refractivity contribution in [2.45, 2.75) is 32.6 Å². The van der Waals surface area contributed by atoms with Crippen LogP contribution in [-0.4, -0.2) is 6.54 Å². The van der Waals surface area contributed by atoms with E-state index >= 15 is 0 Å². The summed E-state index contributed by atoms with van der Waals surface area (Å²) < 4.78 is 12.4. The van der Waals surface area contributed by atoms with Crippen molar-refractivity contribution < 1.29 is 4.39 Å². The summed E-state index contributed by atoms with van der Waals surface area (Å²) in [4.78, 5) is 0. The zero-order chi connectivity index (χ0) is 12.2. The Bertz CT molecular complexity index is 363. The summed E-state index contributed by atoms with van der Waals surface area (Å²) in [5.41, 5.74) is 8.59. The topological polar surface area (TPSA) is 26.0 Å². The standard InChI is InChI=1S/C14H20FN.ClH/c1-14(2,3)13-6-4-11(5-7-13)8-12(9-15)10-16;/h4-7,9H,8,10,16H2,1-3H3;1H. The lowest BCUT2D eigenvalue weighted by atomic mass is 9.86. The lowest BCUT2D eigenvalue weighted by molar-refractivity contribution is 0.590. The normalized spacial score (nSPS) is 12.2. The van der Waals surface area contributed by atoms with E-state index in [1.54, 1.807) is 0 Å². The zero-order valence-corrected chi connectivity index (χ0v) is 11.5. The molecule has 1 nitrogen and oxygen atoms in total. The van der Waals surface area contributed by atoms with Crippen molar-refractivity contribution in [3.05, 3.63) is 47.3 Å². The Kier molecular flexibility index (Phi) is 6.43. The highest BCUT2D eigenvalue weighted by atomic mass is 35.5. The molecule has 0 spiro atoms. The molecule has 2 N–H and O–H groups in total. The van der Waals surface area contributed by atoms with Gasteiger partial charge in [0.2, 0.25) is 0 Å². The Morgan fingerprint density at radius 1 is 1.24 bits per heavy atom. The molecule has 96 valence electrons. The molecule has 3 heteroatoms. The Labute approximate surface area is 109 Å². The average molecular weight is 258 g/mol. The quantitative estimate of drug-likeness (QED) is 0.877. The maximum absolute atomic E-state index is 12.4. The largest absolute Gasteiger partial charge is 0.327 e. The maximum atomic E-state index is 12.4. The lowest BCUT2D eigenvalue weighted by Gasteiger charge is -2.19. The summed E-state index contributed by atoms with van der Waals surface area (Å²) in [5.74, 6) is 0. The fourth-order valence-corrected chi connectivity index (χ4v) is 1.54. The van der Waals surface area contributed by atoms with E-state index < -0.39 is 0 Å². The highest BCUT2D eigenvalue weighted by Crippen LogP contribution is 2.22. The molecule has 1 aromatic rings. The minimum Gasteiger partial charge on any atom is -0.327 e. The molecule has 0 aliphatic heterocycles. The van der Waals surface area contributed by atoms with Crippen molar-refractivity contribution in [3.8, 4) is 0 Å². The molecule has 0 amide bonds. The molecule has 1 rings (SSSR count). The summed E-state index contributed by atoms with van der Waals surface area (Å²) in [7, 11) is 0. The fraction of sp³-hybridized carbons (Fsp3) is 0.429. The number of nitrogens with two attached hydrogens (primary N) is 1. The molecule has 0 radical (unpaired) electrons. The number of halogens is 2. The molecule has 0 bridgehead atoms. The van der Waals surface area contributed by atoms with E-state index in [0.29, 0.717) is 18.3 Å². The monoisotopic (exact) mass is 257 g/mol. The van der Waals surface area contributed by atoms with Gasteiger partial charge in [-0.15, -0.1) is 12.4 Å². The number of hydrogen-bond donors (Lipinski definition) is 1. The third-order valence-electron chi connectivity index (χ3n) is 2.67. The van der Waals surface area contributed by atoms with Gasteiger partial charge in [-0.05, 0) is 28.5 Å². The van der Waals surface area contributed by atoms with Crippen LogP contribution >= 0.6 is 12.4 Å². The summed E-state index contributed by atoms with van der Waals surface area (Å²) >= 11 is 0. The van der Waals surface area contributed by atoms with Gasteiger partial charge >= 0.3 is 0 Å². The van der Waals surface area contributed by atoms with E-state index in [1.165, 1.54) is 5.56 Å². The molecular weight excluding hydrogens is 237 g/mol. The number of benzene rings is 1. The Hall–Kier alpha value is -0.860. The molecular formula is C14H21ClFN. The summed E-state index contributed by atoms with van der Waals surface area (Å²) in [5, 5.41) is 0. The van der Waals surface area contributed by atoms with Crippen LogP contribution in [0.3, 0.4) is 0 Å². The van der Waals surface area contributed by atoms with Gasteiger partial charge in [0.15, 0.2) is 0 Å². The predicted molar refractivity (Wildman–Crippen MR) is 74.3 cm³/mol. The molecule has 0 saturated heterocycles. The molecule has 1 aromatic carbocycles. The van der Waals surface area contributed by atoms with Crippen molar-refractivity contribution in [2.24, 2.45) is 5.73 Å². The number of hydrogen-bond acceptors (Lipinski definition) is 1. The first-order valence-corrected chi connectivity index (χ1v) is 5.55. The van der Waals surface area contributed by atoms with Crippen LogP contribution in [0.1, 0.15) is 31.9 Å². The van der Waals surface area contributed by atoms with Crippen molar-refractivity contribution >= 4 is 12.4 Å². The highest BCUT2D eigenvalue weighted by Gasteiger charge is 2.12. The molecule has 0 aliphatic carbocycles. The van der Waals surface area contributed by atoms with Gasteiger partial charge in [-0.2, -0.15) is 0 Å². The van der Waals surface area contributed by atoms with Crippen LogP contribution in [0, 0.1) is 0 Å². The number of rotatable bonds is 3. The van der Waals surface area contributed by atoms with Gasteiger partial charge in [0, 0.05) is 6.54 Å². The smallest absolute Gasteiger partial charge is 0.0875 e. The van der Waals surface area contributed by atoms with E-state index in [-0.39, 0.29) is 24.4 Å². The third kappa shape index (κ3) is 4.88. The molecule has 0 unspecified atom stereocenters. The van der Waals surface area contributed by atoms with Gasteiger partial charge in [-0.25, -0.2) is 4.39 Å². The molecule has 17 heavy (non-hydrogen) atoms. The molecule has 0 atom stereocenters. The van der Waals surface area contributed by atoms with Crippen LogP contribution in [0.4, 0.5) is 4.39 Å². The summed E-state index contributed by atoms with van der Waals surface area (Å²) in [6.07, 6.45) is 1.20. The lowest BCUT2D eigenvalue weighted by Crippen LogP contribution is -2.11. The van der Waals surface area contributed by atoms with E-state index in [4.69, 9.17) is 5.73 Å². The second-order valence-electron chi connectivity index (χ2n) is 5.10. The third-order valence-corrected chi connectivity index (χ3v) is 2.67. The molecule has 0 heterocycles. The van der Waals surface area contributed by atoms with Crippen LogP contribution in [0.25, 0.3) is 0 Å². The second-order valence-corrected chi connectivity index (χ2v) is 5.10. The molecule has 0 fully saturated rings. The molecule has 0 aliphatic rings. The van der Waals surface area contributed by atoms with Gasteiger partial charge in [0.25, 0.3) is 0 Å². The van der Waals surface area contributed by atoms with E-state index in [0.717, 1.165) is 5.56 Å². The van der Waals surface area contributed by atoms with Gasteiger partial charge in [-0.1, -0.05) is 45.0 Å². The van der Waals surface area contributed by atoms with E-state index in [1.807, 2.05) is 12.1 Å². The SMILES string of the molecule is CC(C)(C)c1ccc(CC(=CF)CN)cc1.Cl. The van der Waals surface area contributed by atoms with Gasteiger partial charge in [0.1, 0.15) is 0 Å². The first-order chi connectivity index (χ1) is 7.47. The summed E-state index contributed by atoms with van der Waals surface area (Å²) in [6, 6.07) is 8.28. The highest BCUT2D eigenvalue weighted by molar-refractivity contribution is 5.85. The Morgan fingerprint density at radius 2 is 1.76 bits per heavy atom.